The maximum atomic E-state index is 10.4. The van der Waals surface area contributed by atoms with E-state index >= 15 is 0 Å². The van der Waals surface area contributed by atoms with Gasteiger partial charge in [-0.3, -0.25) is 0 Å². The van der Waals surface area contributed by atoms with Crippen LogP contribution in [0.25, 0.3) is 195 Å². The van der Waals surface area contributed by atoms with E-state index in [-0.39, 0.29) is 0 Å². The van der Waals surface area contributed by atoms with Crippen molar-refractivity contribution in [3.8, 4) is 56.6 Å². The van der Waals surface area contributed by atoms with Crippen LogP contribution in [0.5, 0.6) is 0 Å². The molecule has 0 fully saturated rings. The van der Waals surface area contributed by atoms with Gasteiger partial charge in [0.1, 0.15) is 0 Å². The number of benzene rings is 15. The SMILES string of the molecule is N#Cc1ccc2c3c(-c4ccccc4)c4c5ccc6c7ccc8c9c(-c%10ccccc%10)c%10c%11cccc%12c(C#N)ccc(c%10c(-c%10ccccc%10)c9c9ccc(c%10ccc(c4c(-c4ccccc4)c3c3cccc1c32)c5c%106)c7c89)c%12%11. The van der Waals surface area contributed by atoms with Crippen LogP contribution in [0.3, 0.4) is 0 Å². The highest BCUT2D eigenvalue weighted by atomic mass is 14.3. The zero-order valence-corrected chi connectivity index (χ0v) is 42.8. The predicted octanol–water partition coefficient (Wildman–Crippen LogP) is 21.4. The summed E-state index contributed by atoms with van der Waals surface area (Å²) in [6.07, 6.45) is 0. The second kappa shape index (κ2) is 15.0. The third-order valence-corrected chi connectivity index (χ3v) is 18.6. The predicted molar refractivity (Wildman–Crippen MR) is 339 cm³/mol. The Hall–Kier alpha value is -10.9. The third kappa shape index (κ3) is 4.96. The Labute approximate surface area is 457 Å². The first-order valence-electron chi connectivity index (χ1n) is 27.5. The standard InChI is InChI=1S/C78H38N2/c79-39-45-27-29-55-65-47(45)23-13-25-53(65)71-61(41-15-5-1-6-16-41)75-57-35-31-49-52-34-38-60-70-58(36-32-50(68(52)70)51-33-37-59(69(57)67(49)51)77(75)63(73(55)71)43-19-9-3-10-20-43)76-62(42-17-7-2-8-18-42)72-54-26-14-24-48-46(40-80)28-30-56(66(48)54)74(72)64(78(60)76)44-21-11-4-12-22-44/h1-38H. The number of hydrogen-bond acceptors (Lipinski definition) is 2. The van der Waals surface area contributed by atoms with Crippen molar-refractivity contribution in [2.45, 2.75) is 0 Å². The topological polar surface area (TPSA) is 47.6 Å². The van der Waals surface area contributed by atoms with E-state index in [4.69, 9.17) is 0 Å². The Balaban J connectivity index is 1.01. The van der Waals surface area contributed by atoms with E-state index in [2.05, 4.69) is 231 Å². The summed E-state index contributed by atoms with van der Waals surface area (Å²) in [5.41, 5.74) is 11.1. The molecule has 2 heteroatoms. The molecule has 0 amide bonds. The van der Waals surface area contributed by atoms with Crippen LogP contribution in [0.1, 0.15) is 11.1 Å². The fourth-order valence-electron chi connectivity index (χ4n) is 15.8. The monoisotopic (exact) mass is 1000 g/mol. The summed E-state index contributed by atoms with van der Waals surface area (Å²) in [7, 11) is 0. The number of nitriles is 2. The van der Waals surface area contributed by atoms with Crippen LogP contribution >= 0.6 is 0 Å². The van der Waals surface area contributed by atoms with Gasteiger partial charge in [-0.05, 0) is 197 Å². The highest BCUT2D eigenvalue weighted by Gasteiger charge is 2.32. The minimum absolute atomic E-state index is 0.698. The Morgan fingerprint density at radius 2 is 0.375 bits per heavy atom. The van der Waals surface area contributed by atoms with Crippen molar-refractivity contribution < 1.29 is 0 Å². The summed E-state index contributed by atoms with van der Waals surface area (Å²) in [6, 6.07) is 90.1. The Morgan fingerprint density at radius 3 is 0.650 bits per heavy atom. The molecule has 80 heavy (non-hydrogen) atoms. The van der Waals surface area contributed by atoms with Gasteiger partial charge in [-0.2, -0.15) is 10.5 Å². The van der Waals surface area contributed by atoms with Crippen LogP contribution in [0.15, 0.2) is 231 Å². The van der Waals surface area contributed by atoms with Crippen molar-refractivity contribution in [3.05, 3.63) is 242 Å². The number of hydrogen-bond donors (Lipinski definition) is 0. The van der Waals surface area contributed by atoms with Crippen LogP contribution < -0.4 is 0 Å². The lowest BCUT2D eigenvalue weighted by atomic mass is 9.87. The summed E-state index contributed by atoms with van der Waals surface area (Å²) in [6.45, 7) is 0. The summed E-state index contributed by atoms with van der Waals surface area (Å²) >= 11 is 0. The molecule has 0 saturated heterocycles. The van der Waals surface area contributed by atoms with Crippen molar-refractivity contribution in [3.63, 3.8) is 0 Å². The lowest BCUT2D eigenvalue weighted by molar-refractivity contribution is 1.51. The van der Waals surface area contributed by atoms with Gasteiger partial charge in [-0.15, -0.1) is 0 Å². The molecule has 2 nitrogen and oxygen atoms in total. The summed E-state index contributed by atoms with van der Waals surface area (Å²) in [4.78, 5) is 0. The normalized spacial score (nSPS) is 12.5. The Morgan fingerprint density at radius 1 is 0.163 bits per heavy atom. The van der Waals surface area contributed by atoms with Gasteiger partial charge in [0.25, 0.3) is 0 Å². The highest BCUT2D eigenvalue weighted by molar-refractivity contribution is 6.53. The molecule has 360 valence electrons. The molecular formula is C78H38N2. The molecule has 0 bridgehead atoms. The fourth-order valence-corrected chi connectivity index (χ4v) is 15.8. The Kier molecular flexibility index (Phi) is 7.91. The average molecular weight is 1000 g/mol. The molecule has 0 aliphatic rings. The van der Waals surface area contributed by atoms with E-state index in [0.717, 1.165) is 21.5 Å². The van der Waals surface area contributed by atoms with Gasteiger partial charge in [0.15, 0.2) is 0 Å². The lowest BCUT2D eigenvalue weighted by Crippen LogP contribution is -1.87. The second-order valence-corrected chi connectivity index (χ2v) is 22.1. The minimum Gasteiger partial charge on any atom is -0.192 e. The first kappa shape index (κ1) is 42.2. The summed E-state index contributed by atoms with van der Waals surface area (Å²) in [5.74, 6) is 0. The van der Waals surface area contributed by atoms with Gasteiger partial charge in [-0.1, -0.05) is 218 Å². The van der Waals surface area contributed by atoms with Crippen LogP contribution in [0, 0.1) is 22.7 Å². The molecule has 0 aliphatic carbocycles. The van der Waals surface area contributed by atoms with Crippen molar-refractivity contribution in [1.82, 2.24) is 0 Å². The third-order valence-electron chi connectivity index (χ3n) is 18.6. The van der Waals surface area contributed by atoms with Crippen LogP contribution in [-0.4, -0.2) is 0 Å². The van der Waals surface area contributed by atoms with Gasteiger partial charge in [0, 0.05) is 10.8 Å². The van der Waals surface area contributed by atoms with E-state index in [1.54, 1.807) is 0 Å². The van der Waals surface area contributed by atoms with E-state index in [1.807, 2.05) is 12.1 Å². The number of rotatable bonds is 4. The van der Waals surface area contributed by atoms with Crippen LogP contribution in [-0.2, 0) is 0 Å². The first-order valence-corrected chi connectivity index (χ1v) is 27.5. The van der Waals surface area contributed by atoms with E-state index < -0.39 is 0 Å². The van der Waals surface area contributed by atoms with Gasteiger partial charge >= 0.3 is 0 Å². The second-order valence-electron chi connectivity index (χ2n) is 22.1. The molecule has 0 aromatic heterocycles. The van der Waals surface area contributed by atoms with E-state index in [9.17, 15) is 10.5 Å². The molecule has 0 unspecified atom stereocenters. The zero-order chi connectivity index (χ0) is 52.2. The molecule has 0 atom stereocenters. The molecule has 0 aliphatic heterocycles. The van der Waals surface area contributed by atoms with Gasteiger partial charge in [0.05, 0.1) is 23.3 Å². The van der Waals surface area contributed by atoms with Gasteiger partial charge in [0.2, 0.25) is 0 Å². The maximum absolute atomic E-state index is 10.4. The van der Waals surface area contributed by atoms with Crippen LogP contribution in [0.4, 0.5) is 0 Å². The van der Waals surface area contributed by atoms with Crippen molar-refractivity contribution in [2.75, 3.05) is 0 Å². The molecule has 0 heterocycles. The highest BCUT2D eigenvalue weighted by Crippen LogP contribution is 2.60. The first-order chi connectivity index (χ1) is 39.7. The minimum atomic E-state index is 0.698. The molecule has 19 aromatic carbocycles. The largest absolute Gasteiger partial charge is 0.192 e. The van der Waals surface area contributed by atoms with Crippen molar-refractivity contribution in [2.24, 2.45) is 0 Å². The maximum Gasteiger partial charge on any atom is 0.0998 e. The summed E-state index contributed by atoms with van der Waals surface area (Å²) < 4.78 is 0. The molecule has 0 radical (unpaired) electrons. The molecule has 0 saturated carbocycles. The molecule has 0 spiro atoms. The fraction of sp³-hybridized carbons (Fsp3) is 0. The molecule has 19 rings (SSSR count). The van der Waals surface area contributed by atoms with Crippen molar-refractivity contribution in [1.29, 1.82) is 10.5 Å². The van der Waals surface area contributed by atoms with Crippen LogP contribution in [0.2, 0.25) is 0 Å². The molecular weight excluding hydrogens is 965 g/mol. The number of fused-ring (bicyclic) bond motifs is 14. The lowest BCUT2D eigenvalue weighted by Gasteiger charge is -2.15. The smallest absolute Gasteiger partial charge is 0.0998 e. The average Bonchev–Trinajstić information content (AvgIpc) is 4.19. The van der Waals surface area contributed by atoms with Gasteiger partial charge < -0.3 is 0 Å². The number of nitrogens with zero attached hydrogens (tertiary/aromatic N) is 2. The van der Waals surface area contributed by atoms with Gasteiger partial charge in [-0.25, -0.2) is 0 Å². The molecule has 0 N–H and O–H groups in total. The Bertz CT molecular complexity index is 5340. The summed E-state index contributed by atoms with van der Waals surface area (Å²) in [5, 5.41) is 55.2. The molecule has 19 aromatic rings. The van der Waals surface area contributed by atoms with Crippen molar-refractivity contribution >= 4 is 151 Å². The zero-order valence-electron chi connectivity index (χ0n) is 42.8. The quantitative estimate of drug-likeness (QED) is 0.130. The van der Waals surface area contributed by atoms with E-state index in [0.29, 0.717) is 11.1 Å². The van der Waals surface area contributed by atoms with E-state index in [1.165, 1.54) is 174 Å².